The SMILES string of the molecule is Cc1c(C(C)NC2CCCC(C3CC3)C2)cnn1C. The first-order chi connectivity index (χ1) is 9.15. The number of hydrogen-bond acceptors (Lipinski definition) is 2. The molecule has 1 aromatic heterocycles. The minimum absolute atomic E-state index is 0.427. The zero-order chi connectivity index (χ0) is 13.4. The molecule has 0 aromatic carbocycles. The third-order valence-electron chi connectivity index (χ3n) is 5.23. The molecule has 3 atom stereocenters. The predicted molar refractivity (Wildman–Crippen MR) is 78.0 cm³/mol. The van der Waals surface area contributed by atoms with Crippen molar-refractivity contribution in [1.82, 2.24) is 15.1 Å². The molecule has 2 aliphatic rings. The van der Waals surface area contributed by atoms with Gasteiger partial charge in [-0.15, -0.1) is 0 Å². The lowest BCUT2D eigenvalue weighted by atomic mass is 9.82. The Morgan fingerprint density at radius 3 is 2.68 bits per heavy atom. The molecule has 2 aliphatic carbocycles. The van der Waals surface area contributed by atoms with Crippen LogP contribution < -0.4 is 5.32 Å². The number of aromatic nitrogens is 2. The molecule has 0 saturated heterocycles. The van der Waals surface area contributed by atoms with Gasteiger partial charge in [-0.25, -0.2) is 0 Å². The van der Waals surface area contributed by atoms with E-state index in [2.05, 4.69) is 24.3 Å². The topological polar surface area (TPSA) is 29.9 Å². The summed E-state index contributed by atoms with van der Waals surface area (Å²) in [5, 5.41) is 8.21. The van der Waals surface area contributed by atoms with Crippen molar-refractivity contribution in [2.45, 2.75) is 64.5 Å². The van der Waals surface area contributed by atoms with E-state index in [1.54, 1.807) is 0 Å². The highest BCUT2D eigenvalue weighted by atomic mass is 15.3. The maximum absolute atomic E-state index is 4.36. The van der Waals surface area contributed by atoms with Gasteiger partial charge in [-0.3, -0.25) is 4.68 Å². The van der Waals surface area contributed by atoms with E-state index < -0.39 is 0 Å². The number of aryl methyl sites for hydroxylation is 1. The molecule has 106 valence electrons. The highest BCUT2D eigenvalue weighted by Gasteiger charge is 2.35. The minimum atomic E-state index is 0.427. The molecular weight excluding hydrogens is 234 g/mol. The molecule has 1 heterocycles. The van der Waals surface area contributed by atoms with Gasteiger partial charge in [0.25, 0.3) is 0 Å². The zero-order valence-corrected chi connectivity index (χ0v) is 12.5. The van der Waals surface area contributed by atoms with Crippen molar-refractivity contribution in [2.75, 3.05) is 0 Å². The summed E-state index contributed by atoms with van der Waals surface area (Å²) < 4.78 is 1.97. The van der Waals surface area contributed by atoms with Crippen LogP contribution in [0, 0.1) is 18.8 Å². The molecule has 0 aliphatic heterocycles. The van der Waals surface area contributed by atoms with Crippen LogP contribution in [-0.2, 0) is 7.05 Å². The summed E-state index contributed by atoms with van der Waals surface area (Å²) in [5.74, 6) is 2.08. The monoisotopic (exact) mass is 261 g/mol. The van der Waals surface area contributed by atoms with Crippen LogP contribution in [0.2, 0.25) is 0 Å². The van der Waals surface area contributed by atoms with Gasteiger partial charge in [0.15, 0.2) is 0 Å². The van der Waals surface area contributed by atoms with Crippen LogP contribution in [0.4, 0.5) is 0 Å². The Balaban J connectivity index is 1.59. The predicted octanol–water partition coefficient (Wildman–Crippen LogP) is 3.35. The van der Waals surface area contributed by atoms with Gasteiger partial charge in [0.1, 0.15) is 0 Å². The first kappa shape index (κ1) is 13.2. The van der Waals surface area contributed by atoms with Crippen molar-refractivity contribution in [3.05, 3.63) is 17.5 Å². The van der Waals surface area contributed by atoms with Gasteiger partial charge < -0.3 is 5.32 Å². The second-order valence-electron chi connectivity index (χ2n) is 6.66. The molecule has 3 rings (SSSR count). The van der Waals surface area contributed by atoms with Gasteiger partial charge in [0, 0.05) is 30.4 Å². The summed E-state index contributed by atoms with van der Waals surface area (Å²) in [6, 6.07) is 1.14. The standard InChI is InChI=1S/C16H27N3/c1-11(16-10-17-19(3)12(16)2)18-15-6-4-5-14(9-15)13-7-8-13/h10-11,13-15,18H,4-9H2,1-3H3. The molecule has 0 spiro atoms. The van der Waals surface area contributed by atoms with Crippen LogP contribution in [-0.4, -0.2) is 15.8 Å². The molecular formula is C16H27N3. The summed E-state index contributed by atoms with van der Waals surface area (Å²) in [4.78, 5) is 0. The second-order valence-corrected chi connectivity index (χ2v) is 6.66. The molecule has 1 aromatic rings. The van der Waals surface area contributed by atoms with Crippen LogP contribution in [0.25, 0.3) is 0 Å². The lowest BCUT2D eigenvalue weighted by Gasteiger charge is -2.32. The third-order valence-corrected chi connectivity index (χ3v) is 5.23. The fourth-order valence-corrected chi connectivity index (χ4v) is 3.76. The molecule has 0 radical (unpaired) electrons. The Morgan fingerprint density at radius 2 is 2.05 bits per heavy atom. The molecule has 0 amide bonds. The molecule has 3 unspecified atom stereocenters. The van der Waals surface area contributed by atoms with Gasteiger partial charge in [-0.05, 0) is 51.4 Å². The van der Waals surface area contributed by atoms with Gasteiger partial charge in [-0.1, -0.05) is 12.8 Å². The Morgan fingerprint density at radius 1 is 1.26 bits per heavy atom. The Hall–Kier alpha value is -0.830. The molecule has 19 heavy (non-hydrogen) atoms. The van der Waals surface area contributed by atoms with Crippen LogP contribution >= 0.6 is 0 Å². The zero-order valence-electron chi connectivity index (χ0n) is 12.5. The van der Waals surface area contributed by atoms with E-state index in [1.807, 2.05) is 17.9 Å². The minimum Gasteiger partial charge on any atom is -0.307 e. The molecule has 3 heteroatoms. The fourth-order valence-electron chi connectivity index (χ4n) is 3.76. The third kappa shape index (κ3) is 2.86. The lowest BCUT2D eigenvalue weighted by Crippen LogP contribution is -2.36. The molecule has 2 fully saturated rings. The molecule has 3 nitrogen and oxygen atoms in total. The quantitative estimate of drug-likeness (QED) is 0.901. The van der Waals surface area contributed by atoms with Gasteiger partial charge in [-0.2, -0.15) is 5.10 Å². The van der Waals surface area contributed by atoms with E-state index in [-0.39, 0.29) is 0 Å². The maximum Gasteiger partial charge on any atom is 0.0540 e. The first-order valence-electron chi connectivity index (χ1n) is 7.89. The van der Waals surface area contributed by atoms with E-state index >= 15 is 0 Å². The largest absolute Gasteiger partial charge is 0.307 e. The van der Waals surface area contributed by atoms with Crippen LogP contribution in [0.15, 0.2) is 6.20 Å². The fraction of sp³-hybridized carbons (Fsp3) is 0.812. The Bertz CT molecular complexity index is 433. The maximum atomic E-state index is 4.36. The number of nitrogens with zero attached hydrogens (tertiary/aromatic N) is 2. The Labute approximate surface area is 116 Å². The summed E-state index contributed by atoms with van der Waals surface area (Å²) >= 11 is 0. The normalized spacial score (nSPS) is 29.4. The number of hydrogen-bond donors (Lipinski definition) is 1. The van der Waals surface area contributed by atoms with Gasteiger partial charge in [0.2, 0.25) is 0 Å². The van der Waals surface area contributed by atoms with E-state index in [0.29, 0.717) is 12.1 Å². The molecule has 1 N–H and O–H groups in total. The summed E-state index contributed by atoms with van der Waals surface area (Å²) in [6.45, 7) is 4.44. The number of rotatable bonds is 4. The Kier molecular flexibility index (Phi) is 3.66. The van der Waals surface area contributed by atoms with Crippen molar-refractivity contribution < 1.29 is 0 Å². The van der Waals surface area contributed by atoms with E-state index in [1.165, 1.54) is 49.8 Å². The van der Waals surface area contributed by atoms with E-state index in [4.69, 9.17) is 0 Å². The molecule has 2 saturated carbocycles. The smallest absolute Gasteiger partial charge is 0.0540 e. The van der Waals surface area contributed by atoms with Crippen molar-refractivity contribution >= 4 is 0 Å². The average Bonchev–Trinajstić information content (AvgIpc) is 3.18. The van der Waals surface area contributed by atoms with E-state index in [0.717, 1.165) is 11.8 Å². The van der Waals surface area contributed by atoms with Gasteiger partial charge >= 0.3 is 0 Å². The average molecular weight is 261 g/mol. The van der Waals surface area contributed by atoms with Crippen LogP contribution in [0.5, 0.6) is 0 Å². The van der Waals surface area contributed by atoms with Crippen LogP contribution in [0.3, 0.4) is 0 Å². The number of nitrogens with one attached hydrogen (secondary N) is 1. The summed E-state index contributed by atoms with van der Waals surface area (Å²) in [6.07, 6.45) is 10.7. The highest BCUT2D eigenvalue weighted by molar-refractivity contribution is 5.19. The molecule has 0 bridgehead atoms. The first-order valence-corrected chi connectivity index (χ1v) is 7.89. The highest BCUT2D eigenvalue weighted by Crippen LogP contribution is 2.44. The summed E-state index contributed by atoms with van der Waals surface area (Å²) in [7, 11) is 2.02. The van der Waals surface area contributed by atoms with Gasteiger partial charge in [0.05, 0.1) is 6.20 Å². The van der Waals surface area contributed by atoms with Crippen molar-refractivity contribution in [1.29, 1.82) is 0 Å². The van der Waals surface area contributed by atoms with Crippen molar-refractivity contribution in [3.8, 4) is 0 Å². The lowest BCUT2D eigenvalue weighted by molar-refractivity contribution is 0.249. The van der Waals surface area contributed by atoms with Crippen LogP contribution in [0.1, 0.15) is 62.7 Å². The van der Waals surface area contributed by atoms with Crippen molar-refractivity contribution in [2.24, 2.45) is 18.9 Å². The van der Waals surface area contributed by atoms with E-state index in [9.17, 15) is 0 Å². The second kappa shape index (κ2) is 5.28. The summed E-state index contributed by atoms with van der Waals surface area (Å²) in [5.41, 5.74) is 2.64. The van der Waals surface area contributed by atoms with Crippen molar-refractivity contribution in [3.63, 3.8) is 0 Å².